The molecule has 0 amide bonds. The molecule has 0 spiro atoms. The summed E-state index contributed by atoms with van der Waals surface area (Å²) in [6.07, 6.45) is 3.04. The Hall–Kier alpha value is -0.900. The predicted molar refractivity (Wildman–Crippen MR) is 38.9 cm³/mol. The molecular formula is C6H7NO2S. The van der Waals surface area contributed by atoms with Crippen molar-refractivity contribution in [1.29, 1.82) is 0 Å². The molecule has 0 aliphatic carbocycles. The Morgan fingerprint density at radius 3 is 2.90 bits per heavy atom. The van der Waals surface area contributed by atoms with Gasteiger partial charge in [0, 0.05) is 18.5 Å². The van der Waals surface area contributed by atoms with Crippen molar-refractivity contribution < 1.29 is 8.39 Å². The Bertz CT molecular complexity index is 224. The van der Waals surface area contributed by atoms with Gasteiger partial charge in [0.2, 0.25) is 17.0 Å². The van der Waals surface area contributed by atoms with Crippen LogP contribution in [0.3, 0.4) is 0 Å². The molecule has 0 saturated carbocycles. The molecule has 1 unspecified atom stereocenters. The Labute approximate surface area is 61.7 Å². The first-order valence-electron chi connectivity index (χ1n) is 2.72. The average molecular weight is 157 g/mol. The lowest BCUT2D eigenvalue weighted by Gasteiger charge is -1.96. The normalized spacial score (nSPS) is 12.5. The SMILES string of the molecule is CS(=O)Oc1ccccn1. The minimum Gasteiger partial charge on any atom is -0.380 e. The number of rotatable bonds is 2. The van der Waals surface area contributed by atoms with Gasteiger partial charge < -0.3 is 4.18 Å². The quantitative estimate of drug-likeness (QED) is 0.636. The molecule has 0 fully saturated rings. The molecule has 0 radical (unpaired) electrons. The van der Waals surface area contributed by atoms with Gasteiger partial charge in [-0.15, -0.1) is 0 Å². The van der Waals surface area contributed by atoms with Crippen LogP contribution in [0.4, 0.5) is 0 Å². The molecule has 3 nitrogen and oxygen atoms in total. The van der Waals surface area contributed by atoms with Crippen molar-refractivity contribution in [2.75, 3.05) is 6.26 Å². The van der Waals surface area contributed by atoms with E-state index in [1.165, 1.54) is 6.26 Å². The molecule has 10 heavy (non-hydrogen) atoms. The Morgan fingerprint density at radius 1 is 1.60 bits per heavy atom. The van der Waals surface area contributed by atoms with Crippen LogP contribution in [-0.2, 0) is 11.1 Å². The fourth-order valence-corrected chi connectivity index (χ4v) is 0.856. The Morgan fingerprint density at radius 2 is 2.40 bits per heavy atom. The van der Waals surface area contributed by atoms with Crippen LogP contribution in [0.2, 0.25) is 0 Å². The van der Waals surface area contributed by atoms with Crippen molar-refractivity contribution in [2.45, 2.75) is 0 Å². The number of hydrogen-bond acceptors (Lipinski definition) is 3. The van der Waals surface area contributed by atoms with Gasteiger partial charge in [0.25, 0.3) is 0 Å². The van der Waals surface area contributed by atoms with Crippen molar-refractivity contribution in [3.8, 4) is 5.88 Å². The van der Waals surface area contributed by atoms with Gasteiger partial charge in [-0.3, -0.25) is 0 Å². The minimum absolute atomic E-state index is 0.392. The summed E-state index contributed by atoms with van der Waals surface area (Å²) >= 11 is -1.28. The molecule has 0 saturated heterocycles. The second-order valence-corrected chi connectivity index (χ2v) is 2.62. The molecule has 54 valence electrons. The van der Waals surface area contributed by atoms with Crippen LogP contribution >= 0.6 is 0 Å². The molecular weight excluding hydrogens is 150 g/mol. The lowest BCUT2D eigenvalue weighted by molar-refractivity contribution is 0.551. The monoisotopic (exact) mass is 157 g/mol. The molecule has 1 aromatic rings. The van der Waals surface area contributed by atoms with Crippen LogP contribution in [-0.4, -0.2) is 15.4 Å². The van der Waals surface area contributed by atoms with Crippen molar-refractivity contribution in [1.82, 2.24) is 4.98 Å². The molecule has 0 N–H and O–H groups in total. The van der Waals surface area contributed by atoms with Gasteiger partial charge in [0.1, 0.15) is 0 Å². The minimum atomic E-state index is -1.28. The van der Waals surface area contributed by atoms with Crippen molar-refractivity contribution in [3.05, 3.63) is 24.4 Å². The molecule has 1 rings (SSSR count). The van der Waals surface area contributed by atoms with Crippen LogP contribution in [0.1, 0.15) is 0 Å². The summed E-state index contributed by atoms with van der Waals surface area (Å²) in [7, 11) is 0. The van der Waals surface area contributed by atoms with Gasteiger partial charge >= 0.3 is 0 Å². The summed E-state index contributed by atoms with van der Waals surface area (Å²) in [5, 5.41) is 0. The van der Waals surface area contributed by atoms with E-state index < -0.39 is 11.1 Å². The van der Waals surface area contributed by atoms with E-state index in [9.17, 15) is 4.21 Å². The zero-order valence-electron chi connectivity index (χ0n) is 5.48. The molecule has 1 heterocycles. The smallest absolute Gasteiger partial charge is 0.230 e. The van der Waals surface area contributed by atoms with Crippen LogP contribution in [0, 0.1) is 0 Å². The summed E-state index contributed by atoms with van der Waals surface area (Å²) in [5.74, 6) is 0.392. The van der Waals surface area contributed by atoms with Gasteiger partial charge in [-0.1, -0.05) is 6.07 Å². The van der Waals surface area contributed by atoms with Gasteiger partial charge in [-0.2, -0.15) is 0 Å². The van der Waals surface area contributed by atoms with Crippen LogP contribution < -0.4 is 4.18 Å². The second-order valence-electron chi connectivity index (χ2n) is 1.65. The van der Waals surface area contributed by atoms with Gasteiger partial charge in [0.15, 0.2) is 0 Å². The van der Waals surface area contributed by atoms with E-state index in [1.807, 2.05) is 0 Å². The predicted octanol–water partition coefficient (Wildman–Crippen LogP) is 0.754. The largest absolute Gasteiger partial charge is 0.380 e. The van der Waals surface area contributed by atoms with Gasteiger partial charge in [-0.05, 0) is 6.07 Å². The highest BCUT2D eigenvalue weighted by molar-refractivity contribution is 7.79. The summed E-state index contributed by atoms with van der Waals surface area (Å²) in [5.41, 5.74) is 0. The zero-order chi connectivity index (χ0) is 7.40. The highest BCUT2D eigenvalue weighted by Crippen LogP contribution is 2.03. The van der Waals surface area contributed by atoms with E-state index in [0.717, 1.165) is 0 Å². The van der Waals surface area contributed by atoms with E-state index in [4.69, 9.17) is 4.18 Å². The third-order valence-electron chi connectivity index (χ3n) is 0.840. The zero-order valence-corrected chi connectivity index (χ0v) is 6.30. The van der Waals surface area contributed by atoms with E-state index in [2.05, 4.69) is 4.98 Å². The van der Waals surface area contributed by atoms with E-state index in [1.54, 1.807) is 24.4 Å². The fraction of sp³-hybridized carbons (Fsp3) is 0.167. The molecule has 0 bridgehead atoms. The number of aromatic nitrogens is 1. The van der Waals surface area contributed by atoms with E-state index >= 15 is 0 Å². The topological polar surface area (TPSA) is 39.2 Å². The number of pyridine rings is 1. The first kappa shape index (κ1) is 7.21. The number of hydrogen-bond donors (Lipinski definition) is 0. The maximum atomic E-state index is 10.5. The number of nitrogens with zero attached hydrogens (tertiary/aromatic N) is 1. The lowest BCUT2D eigenvalue weighted by Crippen LogP contribution is -1.97. The third-order valence-corrected chi connectivity index (χ3v) is 1.25. The summed E-state index contributed by atoms with van der Waals surface area (Å²) in [4.78, 5) is 3.80. The maximum absolute atomic E-state index is 10.5. The highest BCUT2D eigenvalue weighted by Gasteiger charge is 1.93. The molecule has 0 aliphatic rings. The van der Waals surface area contributed by atoms with Crippen LogP contribution in [0.25, 0.3) is 0 Å². The van der Waals surface area contributed by atoms with Crippen LogP contribution in [0.5, 0.6) is 5.88 Å². The molecule has 4 heteroatoms. The third kappa shape index (κ3) is 2.14. The molecule has 0 aromatic carbocycles. The highest BCUT2D eigenvalue weighted by atomic mass is 32.2. The Balaban J connectivity index is 2.67. The maximum Gasteiger partial charge on any atom is 0.230 e. The first-order chi connectivity index (χ1) is 4.79. The lowest BCUT2D eigenvalue weighted by atomic mass is 10.5. The average Bonchev–Trinajstić information content (AvgIpc) is 1.88. The summed E-state index contributed by atoms with van der Waals surface area (Å²) in [6, 6.07) is 5.20. The first-order valence-corrected chi connectivity index (χ1v) is 4.20. The summed E-state index contributed by atoms with van der Waals surface area (Å²) < 4.78 is 15.2. The fourth-order valence-electron chi connectivity index (χ4n) is 0.517. The van der Waals surface area contributed by atoms with Gasteiger partial charge in [0.05, 0.1) is 0 Å². The van der Waals surface area contributed by atoms with Gasteiger partial charge in [-0.25, -0.2) is 9.19 Å². The van der Waals surface area contributed by atoms with Crippen LogP contribution in [0.15, 0.2) is 24.4 Å². The van der Waals surface area contributed by atoms with Crippen molar-refractivity contribution in [2.24, 2.45) is 0 Å². The molecule has 0 aliphatic heterocycles. The van der Waals surface area contributed by atoms with Crippen molar-refractivity contribution >= 4 is 11.1 Å². The molecule has 1 atom stereocenters. The standard InChI is InChI=1S/C6H7NO2S/c1-10(8)9-6-4-2-3-5-7-6/h2-5H,1H3. The van der Waals surface area contributed by atoms with E-state index in [-0.39, 0.29) is 0 Å². The Kier molecular flexibility index (Phi) is 2.39. The second kappa shape index (κ2) is 3.31. The van der Waals surface area contributed by atoms with E-state index in [0.29, 0.717) is 5.88 Å². The summed E-state index contributed by atoms with van der Waals surface area (Å²) in [6.45, 7) is 0. The molecule has 1 aromatic heterocycles. The van der Waals surface area contributed by atoms with Crippen molar-refractivity contribution in [3.63, 3.8) is 0 Å².